The van der Waals surface area contributed by atoms with Crippen molar-refractivity contribution in [2.24, 2.45) is 0 Å². The van der Waals surface area contributed by atoms with Gasteiger partial charge in [0.2, 0.25) is 0 Å². The van der Waals surface area contributed by atoms with Crippen molar-refractivity contribution in [3.63, 3.8) is 0 Å². The smallest absolute Gasteiger partial charge is 0.339 e. The predicted octanol–water partition coefficient (Wildman–Crippen LogP) is 3.21. The van der Waals surface area contributed by atoms with Gasteiger partial charge >= 0.3 is 23.5 Å². The Labute approximate surface area is 232 Å². The summed E-state index contributed by atoms with van der Waals surface area (Å²) in [5, 5.41) is 0. The molecule has 0 spiro atoms. The fourth-order valence-electron chi connectivity index (χ4n) is 5.35. The lowest BCUT2D eigenvalue weighted by atomic mass is 9.77. The molecule has 3 rings (SSSR count). The molecule has 0 radical (unpaired) electrons. The van der Waals surface area contributed by atoms with E-state index in [0.717, 1.165) is 0 Å². The Hall–Kier alpha value is -3.70. The Bertz CT molecular complexity index is 1280. The van der Waals surface area contributed by atoms with Gasteiger partial charge in [-0.15, -0.1) is 0 Å². The van der Waals surface area contributed by atoms with Crippen LogP contribution < -0.4 is 10.4 Å². The maximum atomic E-state index is 12.1. The Balaban J connectivity index is 1.90. The second kappa shape index (κ2) is 12.2. The highest BCUT2D eigenvalue weighted by atomic mass is 16.7. The van der Waals surface area contributed by atoms with Crippen molar-refractivity contribution < 1.29 is 47.2 Å². The highest BCUT2D eigenvalue weighted by Gasteiger charge is 2.72. The standard InChI is InChI=1S/C29H36O11/c1-16-21(38-24(33)15-23(16)34-8)13-11-9-10-12-14-22-26(36-19(4)31)29(7)27(37-20(5)32)28(6,39-22)25(40-29)17(2)35-18(3)30/h9-15,17,22,25-27H,1-8H3/b10-9+,13-11+,14-12+/t17-,22+,25+,26+,27-,28+,29+/m1/s1. The Morgan fingerprint density at radius 2 is 1.60 bits per heavy atom. The van der Waals surface area contributed by atoms with Crippen LogP contribution in [-0.4, -0.2) is 66.7 Å². The predicted molar refractivity (Wildman–Crippen MR) is 142 cm³/mol. The Kier molecular flexibility index (Phi) is 9.42. The van der Waals surface area contributed by atoms with E-state index in [1.165, 1.54) is 33.9 Å². The van der Waals surface area contributed by atoms with Crippen molar-refractivity contribution in [3.8, 4) is 5.75 Å². The summed E-state index contributed by atoms with van der Waals surface area (Å²) in [5.74, 6) is -0.861. The molecule has 2 saturated heterocycles. The molecule has 218 valence electrons. The zero-order chi connectivity index (χ0) is 29.8. The van der Waals surface area contributed by atoms with Crippen LogP contribution in [-0.2, 0) is 38.1 Å². The fraction of sp³-hybridized carbons (Fsp3) is 0.517. The molecular weight excluding hydrogens is 524 g/mol. The van der Waals surface area contributed by atoms with Crippen molar-refractivity contribution in [2.75, 3.05) is 7.11 Å². The van der Waals surface area contributed by atoms with Gasteiger partial charge in [0.15, 0.2) is 12.2 Å². The summed E-state index contributed by atoms with van der Waals surface area (Å²) in [7, 11) is 1.47. The number of ether oxygens (including phenoxy) is 6. The zero-order valence-corrected chi connectivity index (χ0v) is 23.9. The number of methoxy groups -OCH3 is 1. The molecule has 11 nitrogen and oxygen atoms in total. The normalized spacial score (nSPS) is 30.5. The number of allylic oxidation sites excluding steroid dienone is 4. The molecule has 40 heavy (non-hydrogen) atoms. The van der Waals surface area contributed by atoms with Crippen LogP contribution in [0.1, 0.15) is 52.9 Å². The van der Waals surface area contributed by atoms with Crippen LogP contribution in [0, 0.1) is 6.92 Å². The van der Waals surface area contributed by atoms with Crippen LogP contribution >= 0.6 is 0 Å². The number of hydrogen-bond acceptors (Lipinski definition) is 11. The topological polar surface area (TPSA) is 137 Å². The molecular formula is C29H36O11. The van der Waals surface area contributed by atoms with E-state index in [1.807, 2.05) is 0 Å². The van der Waals surface area contributed by atoms with Crippen LogP contribution in [0.15, 0.2) is 45.7 Å². The van der Waals surface area contributed by atoms with Gasteiger partial charge in [-0.2, -0.15) is 0 Å². The first kappa shape index (κ1) is 30.8. The second-order valence-electron chi connectivity index (χ2n) is 10.1. The van der Waals surface area contributed by atoms with Gasteiger partial charge in [-0.1, -0.05) is 30.4 Å². The molecule has 0 aliphatic carbocycles. The third-order valence-electron chi connectivity index (χ3n) is 6.90. The average Bonchev–Trinajstić information content (AvgIpc) is 3.01. The van der Waals surface area contributed by atoms with Crippen molar-refractivity contribution in [3.05, 3.63) is 58.2 Å². The molecule has 0 amide bonds. The third-order valence-corrected chi connectivity index (χ3v) is 6.90. The zero-order valence-electron chi connectivity index (χ0n) is 23.9. The lowest BCUT2D eigenvalue weighted by Crippen LogP contribution is -2.67. The first-order valence-corrected chi connectivity index (χ1v) is 12.8. The van der Waals surface area contributed by atoms with E-state index in [1.54, 1.807) is 64.2 Å². The van der Waals surface area contributed by atoms with Crippen LogP contribution in [0.2, 0.25) is 0 Å². The van der Waals surface area contributed by atoms with Crippen LogP contribution in [0.4, 0.5) is 0 Å². The van der Waals surface area contributed by atoms with Gasteiger partial charge < -0.3 is 32.8 Å². The molecule has 0 unspecified atom stereocenters. The highest BCUT2D eigenvalue weighted by Crippen LogP contribution is 2.52. The van der Waals surface area contributed by atoms with Crippen LogP contribution in [0.5, 0.6) is 5.75 Å². The van der Waals surface area contributed by atoms with Gasteiger partial charge in [-0.05, 0) is 33.8 Å². The summed E-state index contributed by atoms with van der Waals surface area (Å²) in [5.41, 5.74) is -2.40. The number of carbonyl (C=O) groups excluding carboxylic acids is 3. The number of carbonyl (C=O) groups is 3. The molecule has 7 atom stereocenters. The van der Waals surface area contributed by atoms with E-state index >= 15 is 0 Å². The molecule has 0 saturated carbocycles. The van der Waals surface area contributed by atoms with Gasteiger partial charge in [-0.3, -0.25) is 14.4 Å². The van der Waals surface area contributed by atoms with E-state index in [-0.39, 0.29) is 0 Å². The van der Waals surface area contributed by atoms with E-state index in [2.05, 4.69) is 0 Å². The van der Waals surface area contributed by atoms with Gasteiger partial charge in [0.25, 0.3) is 0 Å². The maximum absolute atomic E-state index is 12.1. The number of hydrogen-bond donors (Lipinski definition) is 0. The van der Waals surface area contributed by atoms with E-state index in [0.29, 0.717) is 17.1 Å². The number of esters is 3. The summed E-state index contributed by atoms with van der Waals surface area (Å²) < 4.78 is 39.9. The van der Waals surface area contributed by atoms with Crippen molar-refractivity contribution in [2.45, 2.75) is 90.2 Å². The summed E-state index contributed by atoms with van der Waals surface area (Å²) in [6.45, 7) is 10.6. The lowest BCUT2D eigenvalue weighted by molar-refractivity contribution is -0.243. The molecule has 1 aromatic rings. The highest BCUT2D eigenvalue weighted by molar-refractivity contribution is 5.68. The third kappa shape index (κ3) is 6.37. The monoisotopic (exact) mass is 560 g/mol. The van der Waals surface area contributed by atoms with Crippen molar-refractivity contribution in [1.82, 2.24) is 0 Å². The first-order valence-electron chi connectivity index (χ1n) is 12.8. The molecule has 0 aromatic carbocycles. The van der Waals surface area contributed by atoms with Crippen molar-refractivity contribution >= 4 is 24.0 Å². The minimum absolute atomic E-state index is 0.363. The molecule has 0 N–H and O–H groups in total. The van der Waals surface area contributed by atoms with E-state index in [4.69, 9.17) is 32.8 Å². The van der Waals surface area contributed by atoms with E-state index in [9.17, 15) is 19.2 Å². The molecule has 2 aliphatic rings. The summed E-state index contributed by atoms with van der Waals surface area (Å²) >= 11 is 0. The molecule has 3 heterocycles. The Morgan fingerprint density at radius 3 is 2.20 bits per heavy atom. The SMILES string of the molecule is COc1cc(=O)oc(/C=C/C=C/C=C/[C@@H]2O[C@]3(C)[C@@H](OC(C)=O)[C@@](C)(O[C@H]3[C@@H](C)OC(C)=O)[C@H]2OC(C)=O)c1C. The quantitative estimate of drug-likeness (QED) is 0.250. The summed E-state index contributed by atoms with van der Waals surface area (Å²) in [6, 6.07) is 1.27. The molecule has 1 aromatic heterocycles. The largest absolute Gasteiger partial charge is 0.496 e. The van der Waals surface area contributed by atoms with Gasteiger partial charge in [0.1, 0.15) is 41.0 Å². The van der Waals surface area contributed by atoms with Crippen LogP contribution in [0.25, 0.3) is 6.08 Å². The first-order chi connectivity index (χ1) is 18.7. The molecule has 11 heteroatoms. The number of rotatable bonds is 9. The molecule has 2 bridgehead atoms. The molecule has 2 aliphatic heterocycles. The van der Waals surface area contributed by atoms with E-state index < -0.39 is 65.3 Å². The lowest BCUT2D eigenvalue weighted by Gasteiger charge is -2.48. The van der Waals surface area contributed by atoms with Crippen molar-refractivity contribution in [1.29, 1.82) is 0 Å². The van der Waals surface area contributed by atoms with Crippen LogP contribution in [0.3, 0.4) is 0 Å². The second-order valence-corrected chi connectivity index (χ2v) is 10.1. The fourth-order valence-corrected chi connectivity index (χ4v) is 5.35. The molecule has 2 fully saturated rings. The average molecular weight is 561 g/mol. The van der Waals surface area contributed by atoms with Gasteiger partial charge in [0, 0.05) is 26.3 Å². The number of fused-ring (bicyclic) bond motifs is 2. The Morgan fingerprint density at radius 1 is 0.950 bits per heavy atom. The maximum Gasteiger partial charge on any atom is 0.339 e. The van der Waals surface area contributed by atoms with Gasteiger partial charge in [0.05, 0.1) is 13.2 Å². The summed E-state index contributed by atoms with van der Waals surface area (Å²) in [4.78, 5) is 47.5. The van der Waals surface area contributed by atoms with Gasteiger partial charge in [-0.25, -0.2) is 4.79 Å². The minimum atomic E-state index is -1.32. The summed E-state index contributed by atoms with van der Waals surface area (Å²) in [6.07, 6.45) is 5.78. The minimum Gasteiger partial charge on any atom is -0.496 e.